The van der Waals surface area contributed by atoms with E-state index in [0.717, 1.165) is 6.54 Å². The van der Waals surface area contributed by atoms with Crippen LogP contribution in [0.1, 0.15) is 29.1 Å². The molecule has 29 heavy (non-hydrogen) atoms. The Balaban J connectivity index is 1.35. The number of amides is 2. The summed E-state index contributed by atoms with van der Waals surface area (Å²) in [6.45, 7) is 2.81. The Labute approximate surface area is 169 Å². The number of aryl methyl sites for hydroxylation is 1. The number of carbonyl (C=O) groups is 2. The number of morpholine rings is 1. The Morgan fingerprint density at radius 2 is 2.07 bits per heavy atom. The highest BCUT2D eigenvalue weighted by atomic mass is 16.5. The molecular formula is C20H27N5O4. The van der Waals surface area contributed by atoms with Gasteiger partial charge in [0.05, 0.1) is 18.4 Å². The SMILES string of the molecule is CN1C[C@@H](C(=O)NCc2ccco2)OC2(CCN(C(=O)c3ccn(C)n3)CC2)C1. The minimum Gasteiger partial charge on any atom is -0.467 e. The van der Waals surface area contributed by atoms with E-state index in [1.807, 2.05) is 18.0 Å². The summed E-state index contributed by atoms with van der Waals surface area (Å²) in [6.07, 6.45) is 4.20. The Bertz CT molecular complexity index is 854. The van der Waals surface area contributed by atoms with Crippen molar-refractivity contribution in [2.24, 2.45) is 7.05 Å². The molecular weight excluding hydrogens is 374 g/mol. The first-order valence-corrected chi connectivity index (χ1v) is 9.89. The van der Waals surface area contributed by atoms with E-state index in [0.29, 0.717) is 50.5 Å². The molecule has 2 aliphatic heterocycles. The van der Waals surface area contributed by atoms with Crippen molar-refractivity contribution >= 4 is 11.8 Å². The number of likely N-dealkylation sites (tertiary alicyclic amines) is 1. The van der Waals surface area contributed by atoms with Gasteiger partial charge in [-0.15, -0.1) is 0 Å². The van der Waals surface area contributed by atoms with Gasteiger partial charge in [0, 0.05) is 39.4 Å². The zero-order chi connectivity index (χ0) is 20.4. The molecule has 1 atom stereocenters. The zero-order valence-electron chi connectivity index (χ0n) is 16.8. The molecule has 1 N–H and O–H groups in total. The quantitative estimate of drug-likeness (QED) is 0.808. The van der Waals surface area contributed by atoms with Crippen LogP contribution >= 0.6 is 0 Å². The molecule has 9 nitrogen and oxygen atoms in total. The van der Waals surface area contributed by atoms with E-state index in [2.05, 4.69) is 15.3 Å². The number of aromatic nitrogens is 2. The van der Waals surface area contributed by atoms with E-state index in [-0.39, 0.29) is 11.8 Å². The maximum Gasteiger partial charge on any atom is 0.274 e. The number of hydrogen-bond donors (Lipinski definition) is 1. The summed E-state index contributed by atoms with van der Waals surface area (Å²) in [4.78, 5) is 29.2. The number of nitrogens with zero attached hydrogens (tertiary/aromatic N) is 4. The topological polar surface area (TPSA) is 92.8 Å². The van der Waals surface area contributed by atoms with Crippen LogP contribution in [0.3, 0.4) is 0 Å². The number of ether oxygens (including phenoxy) is 1. The highest BCUT2D eigenvalue weighted by Crippen LogP contribution is 2.32. The molecule has 4 heterocycles. The number of hydrogen-bond acceptors (Lipinski definition) is 6. The van der Waals surface area contributed by atoms with E-state index >= 15 is 0 Å². The van der Waals surface area contributed by atoms with Crippen molar-refractivity contribution in [1.82, 2.24) is 24.9 Å². The third kappa shape index (κ3) is 4.35. The van der Waals surface area contributed by atoms with E-state index < -0.39 is 11.7 Å². The first kappa shape index (κ1) is 19.7. The Kier molecular flexibility index (Phi) is 5.42. The number of likely N-dealkylation sites (N-methyl/N-ethyl adjacent to an activating group) is 1. The van der Waals surface area contributed by atoms with Crippen molar-refractivity contribution in [2.75, 3.05) is 33.2 Å². The molecule has 2 aromatic heterocycles. The minimum atomic E-state index is -0.540. The number of piperidine rings is 1. The van der Waals surface area contributed by atoms with Crippen molar-refractivity contribution in [2.45, 2.75) is 31.1 Å². The summed E-state index contributed by atoms with van der Waals surface area (Å²) in [7, 11) is 3.80. The van der Waals surface area contributed by atoms with Crippen LogP contribution in [0.15, 0.2) is 35.1 Å². The first-order valence-electron chi connectivity index (χ1n) is 9.89. The molecule has 0 unspecified atom stereocenters. The van der Waals surface area contributed by atoms with Crippen molar-refractivity contribution in [1.29, 1.82) is 0 Å². The van der Waals surface area contributed by atoms with Crippen molar-refractivity contribution < 1.29 is 18.7 Å². The third-order valence-electron chi connectivity index (χ3n) is 5.63. The van der Waals surface area contributed by atoms with Gasteiger partial charge in [-0.2, -0.15) is 5.10 Å². The average Bonchev–Trinajstić information content (AvgIpc) is 3.37. The molecule has 2 aromatic rings. The predicted octanol–water partition coefficient (Wildman–Crippen LogP) is 0.635. The molecule has 2 amide bonds. The number of nitrogens with one attached hydrogen (secondary N) is 1. The molecule has 4 rings (SSSR count). The second kappa shape index (κ2) is 8.00. The fourth-order valence-corrected chi connectivity index (χ4v) is 4.14. The van der Waals surface area contributed by atoms with Gasteiger partial charge in [-0.25, -0.2) is 0 Å². The van der Waals surface area contributed by atoms with Crippen LogP contribution in [-0.4, -0.2) is 76.3 Å². The summed E-state index contributed by atoms with van der Waals surface area (Å²) in [5.74, 6) is 0.509. The van der Waals surface area contributed by atoms with Gasteiger partial charge in [-0.1, -0.05) is 0 Å². The van der Waals surface area contributed by atoms with E-state index in [9.17, 15) is 9.59 Å². The van der Waals surface area contributed by atoms with E-state index in [1.165, 1.54) is 0 Å². The van der Waals surface area contributed by atoms with Crippen LogP contribution in [0, 0.1) is 0 Å². The van der Waals surface area contributed by atoms with Crippen LogP contribution in [-0.2, 0) is 23.1 Å². The molecule has 2 saturated heterocycles. The number of rotatable bonds is 4. The molecule has 1 spiro atoms. The van der Waals surface area contributed by atoms with Crippen LogP contribution in [0.2, 0.25) is 0 Å². The molecule has 2 fully saturated rings. The third-order valence-corrected chi connectivity index (χ3v) is 5.63. The fraction of sp³-hybridized carbons (Fsp3) is 0.550. The van der Waals surface area contributed by atoms with Gasteiger partial charge in [0.25, 0.3) is 11.8 Å². The lowest BCUT2D eigenvalue weighted by Gasteiger charge is -2.48. The molecule has 0 aromatic carbocycles. The van der Waals surface area contributed by atoms with E-state index in [1.54, 1.807) is 36.3 Å². The van der Waals surface area contributed by atoms with Gasteiger partial charge in [0.2, 0.25) is 0 Å². The monoisotopic (exact) mass is 401 g/mol. The number of furan rings is 1. The summed E-state index contributed by atoms with van der Waals surface area (Å²) >= 11 is 0. The standard InChI is InChI=1S/C20H27N5O4/c1-23-13-17(18(26)21-12-15-4-3-11-28-15)29-20(14-23)6-9-25(10-7-20)19(27)16-5-8-24(2)22-16/h3-5,8,11,17H,6-7,9-10,12-14H2,1-2H3,(H,21,26)/t17-/m0/s1. The fourth-order valence-electron chi connectivity index (χ4n) is 4.14. The molecule has 0 radical (unpaired) electrons. The second-order valence-corrected chi connectivity index (χ2v) is 7.95. The van der Waals surface area contributed by atoms with Gasteiger partial charge in [-0.05, 0) is 38.1 Å². The van der Waals surface area contributed by atoms with Crippen molar-refractivity contribution in [3.05, 3.63) is 42.1 Å². The number of carbonyl (C=O) groups excluding carboxylic acids is 2. The summed E-state index contributed by atoms with van der Waals surface area (Å²) in [5, 5.41) is 7.09. The normalized spacial score (nSPS) is 22.0. The Morgan fingerprint density at radius 1 is 1.28 bits per heavy atom. The smallest absolute Gasteiger partial charge is 0.274 e. The highest BCUT2D eigenvalue weighted by Gasteiger charge is 2.44. The molecule has 0 saturated carbocycles. The summed E-state index contributed by atoms with van der Waals surface area (Å²) in [5.41, 5.74) is 0.0425. The van der Waals surface area contributed by atoms with Gasteiger partial charge < -0.3 is 24.3 Å². The molecule has 9 heteroatoms. The van der Waals surface area contributed by atoms with Crippen LogP contribution in [0.4, 0.5) is 0 Å². The molecule has 156 valence electrons. The summed E-state index contributed by atoms with van der Waals surface area (Å²) < 4.78 is 13.2. The van der Waals surface area contributed by atoms with Gasteiger partial charge in [0.1, 0.15) is 17.6 Å². The largest absolute Gasteiger partial charge is 0.467 e. The molecule has 2 aliphatic rings. The lowest BCUT2D eigenvalue weighted by Crippen LogP contribution is -2.61. The maximum atomic E-state index is 12.6. The molecule has 0 bridgehead atoms. The lowest BCUT2D eigenvalue weighted by atomic mass is 9.88. The Hall–Kier alpha value is -2.65. The highest BCUT2D eigenvalue weighted by molar-refractivity contribution is 5.92. The average molecular weight is 401 g/mol. The molecule has 0 aliphatic carbocycles. The van der Waals surface area contributed by atoms with Gasteiger partial charge >= 0.3 is 0 Å². The first-order chi connectivity index (χ1) is 13.9. The summed E-state index contributed by atoms with van der Waals surface area (Å²) in [6, 6.07) is 5.35. The Morgan fingerprint density at radius 3 is 2.72 bits per heavy atom. The second-order valence-electron chi connectivity index (χ2n) is 7.95. The predicted molar refractivity (Wildman–Crippen MR) is 104 cm³/mol. The van der Waals surface area contributed by atoms with Gasteiger partial charge in [-0.3, -0.25) is 14.3 Å². The van der Waals surface area contributed by atoms with Crippen molar-refractivity contribution in [3.8, 4) is 0 Å². The van der Waals surface area contributed by atoms with Crippen LogP contribution in [0.25, 0.3) is 0 Å². The maximum absolute atomic E-state index is 12.6. The minimum absolute atomic E-state index is 0.0580. The van der Waals surface area contributed by atoms with E-state index in [4.69, 9.17) is 9.15 Å². The van der Waals surface area contributed by atoms with Gasteiger partial charge in [0.15, 0.2) is 0 Å². The van der Waals surface area contributed by atoms with Crippen LogP contribution < -0.4 is 5.32 Å². The zero-order valence-corrected chi connectivity index (χ0v) is 16.8. The van der Waals surface area contributed by atoms with Crippen LogP contribution in [0.5, 0.6) is 0 Å². The van der Waals surface area contributed by atoms with Crippen molar-refractivity contribution in [3.63, 3.8) is 0 Å². The lowest BCUT2D eigenvalue weighted by molar-refractivity contribution is -0.180.